The van der Waals surface area contributed by atoms with Gasteiger partial charge in [-0.15, -0.1) is 0 Å². The van der Waals surface area contributed by atoms with Crippen molar-refractivity contribution in [1.82, 2.24) is 4.90 Å². The summed E-state index contributed by atoms with van der Waals surface area (Å²) < 4.78 is 0. The normalized spacial score (nSPS) is 24.9. The van der Waals surface area contributed by atoms with Gasteiger partial charge in [0.05, 0.1) is 0 Å². The molecule has 0 bridgehead atoms. The van der Waals surface area contributed by atoms with E-state index >= 15 is 0 Å². The predicted octanol–water partition coefficient (Wildman–Crippen LogP) is 0.818. The molecule has 3 nitrogen and oxygen atoms in total. The van der Waals surface area contributed by atoms with Crippen LogP contribution in [0.25, 0.3) is 0 Å². The highest BCUT2D eigenvalue weighted by atomic mass is 16.3. The molecule has 1 aliphatic heterocycles. The van der Waals surface area contributed by atoms with Crippen molar-refractivity contribution >= 4 is 0 Å². The quantitative estimate of drug-likeness (QED) is 0.691. The lowest BCUT2D eigenvalue weighted by molar-refractivity contribution is 0.0359. The first-order valence-corrected chi connectivity index (χ1v) is 5.75. The molecule has 0 spiro atoms. The Morgan fingerprint density at radius 3 is 2.36 bits per heavy atom. The SMILES string of the molecule is CC[C@@](C)([C@H](CN)CO)N1CCCC1. The lowest BCUT2D eigenvalue weighted by Crippen LogP contribution is -2.53. The van der Waals surface area contributed by atoms with Gasteiger partial charge in [0.25, 0.3) is 0 Å². The highest BCUT2D eigenvalue weighted by Gasteiger charge is 2.38. The molecular formula is C11H24N2O. The minimum absolute atomic E-state index is 0.0972. The fourth-order valence-corrected chi connectivity index (χ4v) is 2.52. The second kappa shape index (κ2) is 5.10. The summed E-state index contributed by atoms with van der Waals surface area (Å²) in [4.78, 5) is 2.50. The third-order valence-corrected chi connectivity index (χ3v) is 3.93. The molecule has 0 amide bonds. The van der Waals surface area contributed by atoms with Crippen LogP contribution in [-0.2, 0) is 0 Å². The Morgan fingerprint density at radius 2 is 2.00 bits per heavy atom. The van der Waals surface area contributed by atoms with E-state index in [0.29, 0.717) is 6.54 Å². The van der Waals surface area contributed by atoms with Crippen LogP contribution in [0, 0.1) is 5.92 Å². The van der Waals surface area contributed by atoms with Crippen LogP contribution < -0.4 is 5.73 Å². The molecule has 84 valence electrons. The van der Waals surface area contributed by atoms with Crippen LogP contribution >= 0.6 is 0 Å². The van der Waals surface area contributed by atoms with Gasteiger partial charge in [-0.05, 0) is 45.8 Å². The van der Waals surface area contributed by atoms with Crippen LogP contribution in [0.2, 0.25) is 0 Å². The van der Waals surface area contributed by atoms with Gasteiger partial charge in [-0.3, -0.25) is 4.90 Å². The monoisotopic (exact) mass is 200 g/mol. The van der Waals surface area contributed by atoms with Crippen molar-refractivity contribution in [2.24, 2.45) is 11.7 Å². The van der Waals surface area contributed by atoms with E-state index in [-0.39, 0.29) is 18.1 Å². The minimum Gasteiger partial charge on any atom is -0.396 e. The number of aliphatic hydroxyl groups is 1. The van der Waals surface area contributed by atoms with Crippen molar-refractivity contribution in [2.45, 2.75) is 38.6 Å². The van der Waals surface area contributed by atoms with Gasteiger partial charge < -0.3 is 10.8 Å². The van der Waals surface area contributed by atoms with Crippen molar-refractivity contribution < 1.29 is 5.11 Å². The molecule has 0 radical (unpaired) electrons. The second-order valence-corrected chi connectivity index (χ2v) is 4.52. The summed E-state index contributed by atoms with van der Waals surface area (Å²) in [5.74, 6) is 0.214. The first-order chi connectivity index (χ1) is 6.69. The van der Waals surface area contributed by atoms with Crippen LogP contribution in [0.4, 0.5) is 0 Å². The van der Waals surface area contributed by atoms with Crippen molar-refractivity contribution in [3.63, 3.8) is 0 Å². The van der Waals surface area contributed by atoms with Crippen molar-refractivity contribution in [2.75, 3.05) is 26.2 Å². The molecule has 0 aliphatic carbocycles. The van der Waals surface area contributed by atoms with Gasteiger partial charge in [0, 0.05) is 18.1 Å². The maximum atomic E-state index is 9.35. The summed E-state index contributed by atoms with van der Waals surface area (Å²) in [6.45, 7) is 7.55. The molecule has 1 rings (SSSR count). The molecule has 2 atom stereocenters. The number of likely N-dealkylation sites (tertiary alicyclic amines) is 1. The molecule has 1 fully saturated rings. The first-order valence-electron chi connectivity index (χ1n) is 5.75. The zero-order valence-corrected chi connectivity index (χ0v) is 9.50. The Kier molecular flexibility index (Phi) is 4.35. The highest BCUT2D eigenvalue weighted by molar-refractivity contribution is 4.93. The Balaban J connectivity index is 2.71. The molecule has 0 unspecified atom stereocenters. The van der Waals surface area contributed by atoms with Crippen molar-refractivity contribution in [1.29, 1.82) is 0 Å². The van der Waals surface area contributed by atoms with E-state index < -0.39 is 0 Å². The van der Waals surface area contributed by atoms with Gasteiger partial charge in [0.2, 0.25) is 0 Å². The van der Waals surface area contributed by atoms with Gasteiger partial charge in [0.1, 0.15) is 0 Å². The number of rotatable bonds is 5. The Morgan fingerprint density at radius 1 is 1.43 bits per heavy atom. The molecule has 1 aliphatic rings. The van der Waals surface area contributed by atoms with Crippen LogP contribution in [0.5, 0.6) is 0 Å². The van der Waals surface area contributed by atoms with Gasteiger partial charge >= 0.3 is 0 Å². The minimum atomic E-state index is 0.0972. The molecule has 0 aromatic carbocycles. The third-order valence-electron chi connectivity index (χ3n) is 3.93. The summed E-state index contributed by atoms with van der Waals surface area (Å²) in [6.07, 6.45) is 3.64. The van der Waals surface area contributed by atoms with Gasteiger partial charge in [-0.1, -0.05) is 6.92 Å². The fraction of sp³-hybridized carbons (Fsp3) is 1.00. The Labute approximate surface area is 87.3 Å². The van der Waals surface area contributed by atoms with E-state index in [1.807, 2.05) is 0 Å². The van der Waals surface area contributed by atoms with E-state index in [1.165, 1.54) is 25.9 Å². The topological polar surface area (TPSA) is 49.5 Å². The summed E-state index contributed by atoms with van der Waals surface area (Å²) >= 11 is 0. The first kappa shape index (κ1) is 12.0. The average Bonchev–Trinajstić information content (AvgIpc) is 2.72. The van der Waals surface area contributed by atoms with Crippen LogP contribution in [0.3, 0.4) is 0 Å². The Bertz CT molecular complexity index is 161. The lowest BCUT2D eigenvalue weighted by Gasteiger charge is -2.43. The van der Waals surface area contributed by atoms with Crippen molar-refractivity contribution in [3.05, 3.63) is 0 Å². The lowest BCUT2D eigenvalue weighted by atomic mass is 9.82. The fourth-order valence-electron chi connectivity index (χ4n) is 2.52. The van der Waals surface area contributed by atoms with Crippen LogP contribution in [0.15, 0.2) is 0 Å². The molecule has 3 N–H and O–H groups in total. The summed E-state index contributed by atoms with van der Waals surface area (Å²) in [5, 5.41) is 9.35. The molecule has 0 aromatic heterocycles. The largest absolute Gasteiger partial charge is 0.396 e. The summed E-state index contributed by atoms with van der Waals surface area (Å²) in [5.41, 5.74) is 5.82. The molecule has 14 heavy (non-hydrogen) atoms. The summed E-state index contributed by atoms with van der Waals surface area (Å²) in [6, 6.07) is 0. The number of hydrogen-bond donors (Lipinski definition) is 2. The second-order valence-electron chi connectivity index (χ2n) is 4.52. The smallest absolute Gasteiger partial charge is 0.0489 e. The zero-order chi connectivity index (χ0) is 10.6. The number of aliphatic hydroxyl groups excluding tert-OH is 1. The third kappa shape index (κ3) is 2.10. The van der Waals surface area contributed by atoms with Gasteiger partial charge in [-0.2, -0.15) is 0 Å². The van der Waals surface area contributed by atoms with E-state index in [4.69, 9.17) is 5.73 Å². The van der Waals surface area contributed by atoms with Gasteiger partial charge in [0.15, 0.2) is 0 Å². The number of hydrogen-bond acceptors (Lipinski definition) is 3. The molecule has 3 heteroatoms. The molecule has 0 aromatic rings. The van der Waals surface area contributed by atoms with E-state index in [0.717, 1.165) is 6.42 Å². The summed E-state index contributed by atoms with van der Waals surface area (Å²) in [7, 11) is 0. The maximum absolute atomic E-state index is 9.35. The molecule has 0 saturated carbocycles. The average molecular weight is 200 g/mol. The number of nitrogens with two attached hydrogens (primary N) is 1. The predicted molar refractivity (Wildman–Crippen MR) is 59.1 cm³/mol. The van der Waals surface area contributed by atoms with Crippen LogP contribution in [-0.4, -0.2) is 41.8 Å². The maximum Gasteiger partial charge on any atom is 0.0489 e. The zero-order valence-electron chi connectivity index (χ0n) is 9.50. The van der Waals surface area contributed by atoms with Crippen molar-refractivity contribution in [3.8, 4) is 0 Å². The van der Waals surface area contributed by atoms with E-state index in [9.17, 15) is 5.11 Å². The van der Waals surface area contributed by atoms with E-state index in [1.54, 1.807) is 0 Å². The molecule has 1 saturated heterocycles. The Hall–Kier alpha value is -0.120. The highest BCUT2D eigenvalue weighted by Crippen LogP contribution is 2.31. The number of nitrogens with zero attached hydrogens (tertiary/aromatic N) is 1. The molecular weight excluding hydrogens is 176 g/mol. The van der Waals surface area contributed by atoms with Gasteiger partial charge in [-0.25, -0.2) is 0 Å². The van der Waals surface area contributed by atoms with E-state index in [2.05, 4.69) is 18.7 Å². The molecule has 1 heterocycles. The van der Waals surface area contributed by atoms with Crippen LogP contribution in [0.1, 0.15) is 33.1 Å². The standard InChI is InChI=1S/C11H24N2O/c1-3-11(2,10(8-12)9-14)13-6-4-5-7-13/h10,14H,3-9,12H2,1-2H3/t10-,11+/m1/s1.